The van der Waals surface area contributed by atoms with Crippen molar-refractivity contribution in [3.05, 3.63) is 125 Å². The molecule has 4 rings (SSSR count). The number of methoxy groups -OCH3 is 1. The number of hydrogen-bond acceptors (Lipinski definition) is 5. The van der Waals surface area contributed by atoms with Gasteiger partial charge in [-0.25, -0.2) is 4.39 Å². The second-order valence-corrected chi connectivity index (χ2v) is 10.1. The van der Waals surface area contributed by atoms with Crippen molar-refractivity contribution in [2.45, 2.75) is 4.90 Å². The van der Waals surface area contributed by atoms with Crippen LogP contribution in [0.2, 0.25) is 5.02 Å². The Hall–Kier alpha value is -4.60. The Bertz CT molecular complexity index is 1580. The number of ether oxygens (including phenoxy) is 1. The van der Waals surface area contributed by atoms with Crippen molar-refractivity contribution in [1.82, 2.24) is 5.32 Å². The molecule has 0 spiro atoms. The van der Waals surface area contributed by atoms with Crippen molar-refractivity contribution in [1.29, 1.82) is 0 Å². The molecule has 0 saturated carbocycles. The van der Waals surface area contributed by atoms with E-state index in [4.69, 9.17) is 16.3 Å². The van der Waals surface area contributed by atoms with E-state index in [2.05, 4.69) is 16.0 Å². The SMILES string of the molecule is COc1ccc(Cl)cc1NC(=O)CSc1cccc(NC(=O)/C(=C\c2ccc(F)cc2)NC(=O)c2ccccc2)c1. The van der Waals surface area contributed by atoms with Crippen molar-refractivity contribution >= 4 is 58.5 Å². The van der Waals surface area contributed by atoms with Crippen molar-refractivity contribution < 1.29 is 23.5 Å². The lowest BCUT2D eigenvalue weighted by atomic mass is 10.1. The Kier molecular flexibility index (Phi) is 10.1. The summed E-state index contributed by atoms with van der Waals surface area (Å²) in [5, 5.41) is 8.67. The summed E-state index contributed by atoms with van der Waals surface area (Å²) in [6, 6.07) is 25.9. The molecule has 0 aliphatic carbocycles. The van der Waals surface area contributed by atoms with Gasteiger partial charge in [0.2, 0.25) is 5.91 Å². The van der Waals surface area contributed by atoms with Gasteiger partial charge in [-0.3, -0.25) is 14.4 Å². The number of carbonyl (C=O) groups is 3. The van der Waals surface area contributed by atoms with E-state index in [9.17, 15) is 18.8 Å². The van der Waals surface area contributed by atoms with Crippen molar-refractivity contribution in [2.24, 2.45) is 0 Å². The molecule has 0 fully saturated rings. The van der Waals surface area contributed by atoms with Gasteiger partial charge in [-0.1, -0.05) is 48.0 Å². The maximum absolute atomic E-state index is 13.4. The number of nitrogens with one attached hydrogen (secondary N) is 3. The normalized spacial score (nSPS) is 11.0. The van der Waals surface area contributed by atoms with Crippen LogP contribution in [0.5, 0.6) is 5.75 Å². The molecule has 208 valence electrons. The quantitative estimate of drug-likeness (QED) is 0.143. The van der Waals surface area contributed by atoms with Gasteiger partial charge in [0.15, 0.2) is 0 Å². The third-order valence-electron chi connectivity index (χ3n) is 5.61. The van der Waals surface area contributed by atoms with E-state index in [1.165, 1.54) is 49.2 Å². The van der Waals surface area contributed by atoms with Crippen LogP contribution < -0.4 is 20.7 Å². The fraction of sp³-hybridized carbons (Fsp3) is 0.0645. The summed E-state index contributed by atoms with van der Waals surface area (Å²) in [6.45, 7) is 0. The second-order valence-electron chi connectivity index (χ2n) is 8.59. The topological polar surface area (TPSA) is 96.5 Å². The van der Waals surface area contributed by atoms with Crippen LogP contribution in [-0.4, -0.2) is 30.6 Å². The molecule has 10 heteroatoms. The van der Waals surface area contributed by atoms with Gasteiger partial charge >= 0.3 is 0 Å². The first-order valence-corrected chi connectivity index (χ1v) is 13.7. The molecule has 0 aliphatic rings. The third-order valence-corrected chi connectivity index (χ3v) is 6.84. The van der Waals surface area contributed by atoms with Crippen LogP contribution in [0.15, 0.2) is 108 Å². The van der Waals surface area contributed by atoms with Gasteiger partial charge in [-0.2, -0.15) is 0 Å². The van der Waals surface area contributed by atoms with Gasteiger partial charge in [0, 0.05) is 21.2 Å². The summed E-state index contributed by atoms with van der Waals surface area (Å²) >= 11 is 7.30. The Morgan fingerprint density at radius 1 is 0.902 bits per heavy atom. The minimum atomic E-state index is -0.577. The highest BCUT2D eigenvalue weighted by atomic mass is 35.5. The van der Waals surface area contributed by atoms with E-state index < -0.39 is 17.6 Å². The Balaban J connectivity index is 1.45. The minimum Gasteiger partial charge on any atom is -0.495 e. The molecule has 41 heavy (non-hydrogen) atoms. The van der Waals surface area contributed by atoms with Gasteiger partial charge in [-0.15, -0.1) is 11.8 Å². The van der Waals surface area contributed by atoms with E-state index in [-0.39, 0.29) is 17.4 Å². The zero-order valence-corrected chi connectivity index (χ0v) is 23.4. The number of amides is 3. The summed E-state index contributed by atoms with van der Waals surface area (Å²) in [5.41, 5.74) is 1.79. The molecule has 0 bridgehead atoms. The minimum absolute atomic E-state index is 0.0293. The number of halogens is 2. The van der Waals surface area contributed by atoms with E-state index in [0.29, 0.717) is 33.3 Å². The Morgan fingerprint density at radius 2 is 1.66 bits per heavy atom. The molecule has 3 amide bonds. The van der Waals surface area contributed by atoms with Gasteiger partial charge in [0.25, 0.3) is 11.8 Å². The fourth-order valence-electron chi connectivity index (χ4n) is 3.64. The average molecular weight is 590 g/mol. The van der Waals surface area contributed by atoms with E-state index >= 15 is 0 Å². The maximum Gasteiger partial charge on any atom is 0.272 e. The van der Waals surface area contributed by atoms with Crippen LogP contribution in [0.1, 0.15) is 15.9 Å². The number of anilines is 2. The predicted molar refractivity (Wildman–Crippen MR) is 161 cm³/mol. The highest BCUT2D eigenvalue weighted by Crippen LogP contribution is 2.28. The van der Waals surface area contributed by atoms with Crippen LogP contribution in [0.3, 0.4) is 0 Å². The van der Waals surface area contributed by atoms with E-state index in [1.54, 1.807) is 72.8 Å². The summed E-state index contributed by atoms with van der Waals surface area (Å²) in [7, 11) is 1.50. The summed E-state index contributed by atoms with van der Waals surface area (Å²) < 4.78 is 18.7. The first kappa shape index (κ1) is 29.4. The van der Waals surface area contributed by atoms with E-state index in [1.807, 2.05) is 0 Å². The largest absolute Gasteiger partial charge is 0.495 e. The fourth-order valence-corrected chi connectivity index (χ4v) is 4.57. The monoisotopic (exact) mass is 589 g/mol. The first-order valence-electron chi connectivity index (χ1n) is 12.3. The molecule has 7 nitrogen and oxygen atoms in total. The van der Waals surface area contributed by atoms with E-state index in [0.717, 1.165) is 4.90 Å². The zero-order chi connectivity index (χ0) is 29.2. The summed E-state index contributed by atoms with van der Waals surface area (Å²) in [6.07, 6.45) is 1.46. The molecule has 0 radical (unpaired) electrons. The van der Waals surface area contributed by atoms with Gasteiger partial charge in [0.05, 0.1) is 18.6 Å². The van der Waals surface area contributed by atoms with Crippen LogP contribution in [0.25, 0.3) is 6.08 Å². The number of hydrogen-bond donors (Lipinski definition) is 3. The number of thioether (sulfide) groups is 1. The molecule has 4 aromatic rings. The lowest BCUT2D eigenvalue weighted by Crippen LogP contribution is -2.30. The molecule has 0 unspecified atom stereocenters. The molecule has 3 N–H and O–H groups in total. The molecule has 0 atom stereocenters. The number of rotatable bonds is 10. The predicted octanol–water partition coefficient (Wildman–Crippen LogP) is 6.63. The van der Waals surface area contributed by atoms with Crippen LogP contribution >= 0.6 is 23.4 Å². The van der Waals surface area contributed by atoms with Crippen LogP contribution in [0, 0.1) is 5.82 Å². The van der Waals surface area contributed by atoms with Crippen LogP contribution in [0.4, 0.5) is 15.8 Å². The third kappa shape index (κ3) is 8.69. The lowest BCUT2D eigenvalue weighted by Gasteiger charge is -2.12. The molecule has 0 aromatic heterocycles. The standard InChI is InChI=1S/C31H25ClFN3O4S/c1-40-28-15-12-22(32)17-26(28)35-29(37)19-41-25-9-5-8-24(18-25)34-31(39)27(16-20-10-13-23(33)14-11-20)36-30(38)21-6-3-2-4-7-21/h2-18H,19H2,1H3,(H,34,39)(H,35,37)(H,36,38)/b27-16+. The van der Waals surface area contributed by atoms with Crippen molar-refractivity contribution in [2.75, 3.05) is 23.5 Å². The Labute approximate surface area is 245 Å². The highest BCUT2D eigenvalue weighted by molar-refractivity contribution is 8.00. The molecular formula is C31H25ClFN3O4S. The molecule has 0 heterocycles. The van der Waals surface area contributed by atoms with Crippen molar-refractivity contribution in [3.8, 4) is 5.75 Å². The summed E-state index contributed by atoms with van der Waals surface area (Å²) in [4.78, 5) is 39.3. The second kappa shape index (κ2) is 14.2. The molecule has 0 aliphatic heterocycles. The van der Waals surface area contributed by atoms with Gasteiger partial charge in [-0.05, 0) is 72.3 Å². The number of carbonyl (C=O) groups excluding carboxylic acids is 3. The highest BCUT2D eigenvalue weighted by Gasteiger charge is 2.16. The molecule has 4 aromatic carbocycles. The lowest BCUT2D eigenvalue weighted by molar-refractivity contribution is -0.114. The molecular weight excluding hydrogens is 565 g/mol. The smallest absolute Gasteiger partial charge is 0.272 e. The average Bonchev–Trinajstić information content (AvgIpc) is 2.97. The van der Waals surface area contributed by atoms with Gasteiger partial charge < -0.3 is 20.7 Å². The Morgan fingerprint density at radius 3 is 2.39 bits per heavy atom. The number of benzene rings is 4. The zero-order valence-electron chi connectivity index (χ0n) is 21.8. The molecule has 0 saturated heterocycles. The van der Waals surface area contributed by atoms with Crippen molar-refractivity contribution in [3.63, 3.8) is 0 Å². The first-order chi connectivity index (χ1) is 19.8. The maximum atomic E-state index is 13.4. The van der Waals surface area contributed by atoms with Gasteiger partial charge in [0.1, 0.15) is 17.3 Å². The van der Waals surface area contributed by atoms with Crippen LogP contribution in [-0.2, 0) is 9.59 Å². The summed E-state index contributed by atoms with van der Waals surface area (Å²) in [5.74, 6) is -1.15.